The van der Waals surface area contributed by atoms with Gasteiger partial charge in [-0.2, -0.15) is 0 Å². The van der Waals surface area contributed by atoms with Crippen LogP contribution in [0.5, 0.6) is 0 Å². The fraction of sp³-hybridized carbons (Fsp3) is 0.100. The summed E-state index contributed by atoms with van der Waals surface area (Å²) in [5, 5.41) is 6.27. The molecule has 0 atom stereocenters. The number of hydrogen-bond donors (Lipinski definition) is 1. The van der Waals surface area contributed by atoms with Crippen LogP contribution < -0.4 is 5.32 Å². The van der Waals surface area contributed by atoms with E-state index in [1.54, 1.807) is 0 Å². The molecule has 0 unspecified atom stereocenters. The lowest BCUT2D eigenvalue weighted by Crippen LogP contribution is -2.12. The predicted molar refractivity (Wildman–Crippen MR) is 69.3 cm³/mol. The van der Waals surface area contributed by atoms with E-state index in [1.165, 1.54) is 18.2 Å². The fourth-order valence-electron chi connectivity index (χ4n) is 1.31. The molecule has 0 aliphatic carbocycles. The van der Waals surface area contributed by atoms with Gasteiger partial charge in [0.05, 0.1) is 0 Å². The zero-order valence-electron chi connectivity index (χ0n) is 9.03. The van der Waals surface area contributed by atoms with Crippen molar-refractivity contribution < 1.29 is 13.6 Å². The van der Waals surface area contributed by atoms with E-state index in [-0.39, 0.29) is 4.88 Å². The number of carbonyl (C=O) groups excluding carboxylic acids is 1. The molecule has 0 fully saturated rings. The molecule has 1 heterocycles. The van der Waals surface area contributed by atoms with Crippen molar-refractivity contribution in [2.75, 3.05) is 5.32 Å². The smallest absolute Gasteiger partial charge is 0.283 e. The van der Waals surface area contributed by atoms with Crippen LogP contribution in [0.25, 0.3) is 0 Å². The second-order valence-electron chi connectivity index (χ2n) is 3.40. The zero-order valence-corrected chi connectivity index (χ0v) is 11.4. The van der Waals surface area contributed by atoms with Crippen LogP contribution >= 0.6 is 34.7 Å². The first-order chi connectivity index (χ1) is 8.97. The van der Waals surface area contributed by atoms with Gasteiger partial charge in [-0.25, -0.2) is 8.78 Å². The third-order valence-electron chi connectivity index (χ3n) is 2.05. The lowest BCUT2D eigenvalue weighted by molar-refractivity contribution is 0.101. The van der Waals surface area contributed by atoms with Crippen molar-refractivity contribution in [3.05, 3.63) is 38.8 Å². The molecule has 0 radical (unpaired) electrons. The molecule has 0 aliphatic rings. The number of rotatable bonds is 3. The van der Waals surface area contributed by atoms with E-state index < -0.39 is 18.0 Å². The van der Waals surface area contributed by atoms with Gasteiger partial charge < -0.3 is 5.32 Å². The van der Waals surface area contributed by atoms with Crippen LogP contribution in [0.4, 0.5) is 14.5 Å². The van der Waals surface area contributed by atoms with Crippen molar-refractivity contribution in [1.29, 1.82) is 0 Å². The SMILES string of the molecule is O=C(Nc1cc(Cl)cc(Cl)c1)c1snnc1C(F)F. The maximum atomic E-state index is 12.6. The minimum Gasteiger partial charge on any atom is -0.321 e. The highest BCUT2D eigenvalue weighted by Gasteiger charge is 2.23. The summed E-state index contributed by atoms with van der Waals surface area (Å²) in [6.07, 6.45) is -2.86. The Hall–Kier alpha value is -1.31. The first-order valence-corrected chi connectivity index (χ1v) is 6.38. The standard InChI is InChI=1S/C10H5Cl2F2N3OS/c11-4-1-5(12)3-6(2-4)15-10(18)8-7(9(13)14)16-17-19-8/h1-3,9H,(H,15,18). The van der Waals surface area contributed by atoms with Crippen molar-refractivity contribution in [2.45, 2.75) is 6.43 Å². The van der Waals surface area contributed by atoms with Crippen molar-refractivity contribution in [3.63, 3.8) is 0 Å². The number of halogens is 4. The normalized spacial score (nSPS) is 10.8. The summed E-state index contributed by atoms with van der Waals surface area (Å²) in [4.78, 5) is 11.6. The Morgan fingerprint density at radius 3 is 2.47 bits per heavy atom. The molecule has 1 aromatic carbocycles. The Kier molecular flexibility index (Phi) is 4.28. The van der Waals surface area contributed by atoms with Gasteiger partial charge in [-0.05, 0) is 29.7 Å². The summed E-state index contributed by atoms with van der Waals surface area (Å²) >= 11 is 12.1. The summed E-state index contributed by atoms with van der Waals surface area (Å²) in [6.45, 7) is 0. The highest BCUT2D eigenvalue weighted by Crippen LogP contribution is 2.26. The predicted octanol–water partition coefficient (Wildman–Crippen LogP) is 4.03. The molecule has 2 aromatic rings. The topological polar surface area (TPSA) is 54.9 Å². The van der Waals surface area contributed by atoms with Gasteiger partial charge in [-0.15, -0.1) is 5.10 Å². The van der Waals surface area contributed by atoms with E-state index in [9.17, 15) is 13.6 Å². The number of aromatic nitrogens is 2. The van der Waals surface area contributed by atoms with E-state index in [0.717, 1.165) is 0 Å². The number of hydrogen-bond acceptors (Lipinski definition) is 4. The average molecular weight is 324 g/mol. The molecule has 9 heteroatoms. The Morgan fingerprint density at radius 1 is 1.26 bits per heavy atom. The van der Waals surface area contributed by atoms with E-state index in [4.69, 9.17) is 23.2 Å². The van der Waals surface area contributed by atoms with Crippen LogP contribution in [0, 0.1) is 0 Å². The number of nitrogens with zero attached hydrogens (tertiary/aromatic N) is 2. The summed E-state index contributed by atoms with van der Waals surface area (Å²) in [7, 11) is 0. The van der Waals surface area contributed by atoms with Gasteiger partial charge in [-0.1, -0.05) is 27.7 Å². The third kappa shape index (κ3) is 3.37. The molecule has 0 bridgehead atoms. The molecule has 1 N–H and O–H groups in total. The lowest BCUT2D eigenvalue weighted by Gasteiger charge is -2.05. The fourth-order valence-corrected chi connectivity index (χ4v) is 2.41. The first-order valence-electron chi connectivity index (χ1n) is 4.85. The maximum absolute atomic E-state index is 12.6. The second kappa shape index (κ2) is 5.77. The van der Waals surface area contributed by atoms with Gasteiger partial charge in [0.25, 0.3) is 12.3 Å². The summed E-state index contributed by atoms with van der Waals surface area (Å²) in [5.41, 5.74) is -0.341. The highest BCUT2D eigenvalue weighted by atomic mass is 35.5. The number of nitrogens with one attached hydrogen (secondary N) is 1. The molecule has 1 amide bonds. The van der Waals surface area contributed by atoms with E-state index >= 15 is 0 Å². The summed E-state index contributed by atoms with van der Waals surface area (Å²) < 4.78 is 28.5. The Bertz CT molecular complexity index is 600. The van der Waals surface area contributed by atoms with Crippen LogP contribution in [0.2, 0.25) is 10.0 Å². The average Bonchev–Trinajstić information content (AvgIpc) is 2.75. The number of anilines is 1. The molecule has 0 saturated heterocycles. The molecule has 0 aliphatic heterocycles. The molecule has 0 saturated carbocycles. The first kappa shape index (κ1) is 14.1. The van der Waals surface area contributed by atoms with Crippen molar-refractivity contribution in [2.24, 2.45) is 0 Å². The van der Waals surface area contributed by atoms with Crippen LogP contribution in [0.3, 0.4) is 0 Å². The van der Waals surface area contributed by atoms with Gasteiger partial charge in [0.15, 0.2) is 5.69 Å². The molecule has 1 aromatic heterocycles. The van der Waals surface area contributed by atoms with E-state index in [1.807, 2.05) is 0 Å². The minimum atomic E-state index is -2.86. The molecule has 2 rings (SSSR count). The van der Waals surface area contributed by atoms with Crippen molar-refractivity contribution in [1.82, 2.24) is 9.59 Å². The quantitative estimate of drug-likeness (QED) is 0.927. The van der Waals surface area contributed by atoms with Gasteiger partial charge in [-0.3, -0.25) is 4.79 Å². The maximum Gasteiger partial charge on any atom is 0.283 e. The van der Waals surface area contributed by atoms with Crippen LogP contribution in [-0.4, -0.2) is 15.5 Å². The molecule has 100 valence electrons. The number of amides is 1. The van der Waals surface area contributed by atoms with Crippen LogP contribution in [0.1, 0.15) is 21.8 Å². The molecule has 19 heavy (non-hydrogen) atoms. The molecular formula is C10H5Cl2F2N3OS. The Balaban J connectivity index is 2.23. The van der Waals surface area contributed by atoms with Crippen LogP contribution in [0.15, 0.2) is 18.2 Å². The molecule has 0 spiro atoms. The number of alkyl halides is 2. The van der Waals surface area contributed by atoms with Gasteiger partial charge in [0.2, 0.25) is 0 Å². The van der Waals surface area contributed by atoms with E-state index in [0.29, 0.717) is 27.3 Å². The van der Waals surface area contributed by atoms with Crippen molar-refractivity contribution >= 4 is 46.3 Å². The molecular weight excluding hydrogens is 319 g/mol. The van der Waals surface area contributed by atoms with Gasteiger partial charge in [0, 0.05) is 15.7 Å². The Morgan fingerprint density at radius 2 is 1.89 bits per heavy atom. The lowest BCUT2D eigenvalue weighted by atomic mass is 10.3. The summed E-state index contributed by atoms with van der Waals surface area (Å²) in [5.74, 6) is -0.733. The number of benzene rings is 1. The second-order valence-corrected chi connectivity index (χ2v) is 5.03. The van der Waals surface area contributed by atoms with Crippen molar-refractivity contribution in [3.8, 4) is 0 Å². The summed E-state index contributed by atoms with van der Waals surface area (Å²) in [6, 6.07) is 4.38. The van der Waals surface area contributed by atoms with Gasteiger partial charge >= 0.3 is 0 Å². The Labute approximate surface area is 120 Å². The highest BCUT2D eigenvalue weighted by molar-refractivity contribution is 7.08. The number of carbonyl (C=O) groups is 1. The molecule has 4 nitrogen and oxygen atoms in total. The largest absolute Gasteiger partial charge is 0.321 e. The van der Waals surface area contributed by atoms with Gasteiger partial charge in [0.1, 0.15) is 4.88 Å². The zero-order chi connectivity index (χ0) is 14.0. The monoisotopic (exact) mass is 323 g/mol. The van der Waals surface area contributed by atoms with E-state index in [2.05, 4.69) is 14.9 Å². The minimum absolute atomic E-state index is 0.244. The van der Waals surface area contributed by atoms with Crippen LogP contribution in [-0.2, 0) is 0 Å². The third-order valence-corrected chi connectivity index (χ3v) is 3.22.